The van der Waals surface area contributed by atoms with Gasteiger partial charge in [-0.1, -0.05) is 54.6 Å². The molecule has 0 bridgehead atoms. The summed E-state index contributed by atoms with van der Waals surface area (Å²) in [4.78, 5) is 29.7. The minimum atomic E-state index is -2.38. The van der Waals surface area contributed by atoms with Gasteiger partial charge in [-0.25, -0.2) is 0 Å². The van der Waals surface area contributed by atoms with Gasteiger partial charge in [-0.3, -0.25) is 14.6 Å². The van der Waals surface area contributed by atoms with Gasteiger partial charge in [0.15, 0.2) is 5.60 Å². The average molecular weight is 365 g/mol. The molecule has 6 heteroatoms. The third kappa shape index (κ3) is 2.37. The smallest absolute Gasteiger partial charge is 0.318 e. The Morgan fingerprint density at radius 2 is 1.78 bits per heavy atom. The van der Waals surface area contributed by atoms with Crippen molar-refractivity contribution < 1.29 is 24.5 Å². The number of hydrogen-bond donors (Lipinski definition) is 2. The van der Waals surface area contributed by atoms with Gasteiger partial charge in [-0.05, 0) is 12.5 Å². The van der Waals surface area contributed by atoms with E-state index in [1.165, 1.54) is 19.1 Å². The molecule has 1 aliphatic carbocycles. The van der Waals surface area contributed by atoms with E-state index in [0.29, 0.717) is 6.42 Å². The number of carbonyl (C=O) groups excluding carboxylic acids is 2. The molecule has 6 nitrogen and oxygen atoms in total. The lowest BCUT2D eigenvalue weighted by Gasteiger charge is -2.31. The van der Waals surface area contributed by atoms with Gasteiger partial charge in [0, 0.05) is 23.3 Å². The van der Waals surface area contributed by atoms with E-state index in [1.807, 2.05) is 30.3 Å². The molecule has 0 amide bonds. The molecule has 27 heavy (non-hydrogen) atoms. The number of benzene rings is 2. The molecule has 2 aliphatic rings. The lowest BCUT2D eigenvalue weighted by molar-refractivity contribution is -0.164. The van der Waals surface area contributed by atoms with Crippen LogP contribution in [-0.2, 0) is 21.7 Å². The van der Waals surface area contributed by atoms with Gasteiger partial charge in [-0.15, -0.1) is 0 Å². The van der Waals surface area contributed by atoms with Crippen LogP contribution in [0.1, 0.15) is 28.4 Å². The molecule has 0 saturated heterocycles. The predicted octanol–water partition coefficient (Wildman–Crippen LogP) is 1.64. The monoisotopic (exact) mass is 365 g/mol. The Balaban J connectivity index is 1.58. The fourth-order valence-electron chi connectivity index (χ4n) is 3.99. The molecule has 1 heterocycles. The zero-order chi connectivity index (χ0) is 19.2. The molecule has 138 valence electrons. The number of hydrogen-bond acceptors (Lipinski definition) is 6. The maximum atomic E-state index is 12.9. The van der Waals surface area contributed by atoms with E-state index in [0.717, 1.165) is 5.56 Å². The number of aliphatic hydroxyl groups is 2. The van der Waals surface area contributed by atoms with E-state index in [1.54, 1.807) is 12.1 Å². The topological polar surface area (TPSA) is 96.2 Å². The summed E-state index contributed by atoms with van der Waals surface area (Å²) in [5.41, 5.74) is -3.01. The molecule has 0 aromatic heterocycles. The third-order valence-corrected chi connectivity index (χ3v) is 5.31. The van der Waals surface area contributed by atoms with Gasteiger partial charge >= 0.3 is 5.97 Å². The number of Topliss-reactive ketones (excluding diaryl/α,β-unsaturated/α-hetero) is 1. The minimum Gasteiger partial charge on any atom is -0.465 e. The molecule has 3 atom stereocenters. The van der Waals surface area contributed by atoms with E-state index in [-0.39, 0.29) is 23.4 Å². The number of esters is 1. The summed E-state index contributed by atoms with van der Waals surface area (Å²) < 4.78 is 5.32. The summed E-state index contributed by atoms with van der Waals surface area (Å²) in [6, 6.07) is 15.8. The van der Waals surface area contributed by atoms with Crippen LogP contribution in [0.3, 0.4) is 0 Å². The highest BCUT2D eigenvalue weighted by molar-refractivity contribution is 6.18. The zero-order valence-electron chi connectivity index (χ0n) is 14.8. The number of aliphatic imine (C=N–C) groups is 1. The van der Waals surface area contributed by atoms with Gasteiger partial charge in [0.2, 0.25) is 11.5 Å². The molecule has 1 unspecified atom stereocenters. The first-order valence-corrected chi connectivity index (χ1v) is 8.75. The quantitative estimate of drug-likeness (QED) is 0.803. The molecule has 0 saturated carbocycles. The fourth-order valence-corrected chi connectivity index (χ4v) is 3.99. The van der Waals surface area contributed by atoms with Crippen LogP contribution in [0.15, 0.2) is 59.6 Å². The highest BCUT2D eigenvalue weighted by Crippen LogP contribution is 2.53. The van der Waals surface area contributed by atoms with Gasteiger partial charge in [0.25, 0.3) is 0 Å². The zero-order valence-corrected chi connectivity index (χ0v) is 14.8. The molecule has 2 N–H and O–H groups in total. The summed E-state index contributed by atoms with van der Waals surface area (Å²) in [6.07, 6.45) is 0.506. The maximum absolute atomic E-state index is 12.9. The molecule has 0 radical (unpaired) electrons. The number of ether oxygens (including phenoxy) is 1. The second kappa shape index (κ2) is 6.11. The fraction of sp³-hybridized carbons (Fsp3) is 0.286. The Labute approximate surface area is 156 Å². The summed E-state index contributed by atoms with van der Waals surface area (Å²) >= 11 is 0. The summed E-state index contributed by atoms with van der Waals surface area (Å²) in [7, 11) is 0. The largest absolute Gasteiger partial charge is 0.465 e. The number of rotatable bonds is 4. The van der Waals surface area contributed by atoms with Crippen molar-refractivity contribution in [3.63, 3.8) is 0 Å². The molecule has 0 spiro atoms. The van der Waals surface area contributed by atoms with Gasteiger partial charge in [0.05, 0.1) is 6.61 Å². The van der Waals surface area contributed by atoms with Crippen LogP contribution < -0.4 is 0 Å². The lowest BCUT2D eigenvalue weighted by Crippen LogP contribution is -2.56. The van der Waals surface area contributed by atoms with Gasteiger partial charge in [-0.2, -0.15) is 0 Å². The molecule has 1 aliphatic heterocycles. The Morgan fingerprint density at radius 3 is 2.52 bits per heavy atom. The molecular weight excluding hydrogens is 346 g/mol. The second-order valence-electron chi connectivity index (χ2n) is 6.90. The number of carbonyl (C=O) groups is 2. The van der Waals surface area contributed by atoms with Crippen molar-refractivity contribution >= 4 is 17.5 Å². The van der Waals surface area contributed by atoms with E-state index in [4.69, 9.17) is 4.74 Å². The number of nitrogens with zero attached hydrogens (tertiary/aromatic N) is 1. The molecule has 0 fully saturated rings. The van der Waals surface area contributed by atoms with Crippen molar-refractivity contribution in [2.75, 3.05) is 6.61 Å². The van der Waals surface area contributed by atoms with E-state index in [9.17, 15) is 19.8 Å². The molecule has 2 aromatic carbocycles. The van der Waals surface area contributed by atoms with Crippen LogP contribution in [0.25, 0.3) is 0 Å². The Bertz CT molecular complexity index is 954. The molecule has 2 aromatic rings. The van der Waals surface area contributed by atoms with Crippen LogP contribution in [0.5, 0.6) is 0 Å². The summed E-state index contributed by atoms with van der Waals surface area (Å²) in [5, 5.41) is 22.2. The normalized spacial score (nSPS) is 28.5. The van der Waals surface area contributed by atoms with Crippen molar-refractivity contribution in [1.82, 2.24) is 0 Å². The van der Waals surface area contributed by atoms with Crippen LogP contribution in [0, 0.1) is 5.92 Å². The average Bonchev–Trinajstić information content (AvgIpc) is 2.97. The Hall–Kier alpha value is -2.83. The Morgan fingerprint density at radius 1 is 1.11 bits per heavy atom. The predicted molar refractivity (Wildman–Crippen MR) is 97.3 cm³/mol. The lowest BCUT2D eigenvalue weighted by atomic mass is 9.79. The van der Waals surface area contributed by atoms with Crippen molar-refractivity contribution in [3.05, 3.63) is 71.3 Å². The van der Waals surface area contributed by atoms with Crippen molar-refractivity contribution in [2.45, 2.75) is 24.7 Å². The summed E-state index contributed by atoms with van der Waals surface area (Å²) in [6.45, 7) is 1.61. The minimum absolute atomic E-state index is 0.0995. The van der Waals surface area contributed by atoms with E-state index >= 15 is 0 Å². The highest BCUT2D eigenvalue weighted by Gasteiger charge is 2.72. The summed E-state index contributed by atoms with van der Waals surface area (Å²) in [5.74, 6) is -2.84. The first-order chi connectivity index (χ1) is 12.9. The third-order valence-electron chi connectivity index (χ3n) is 5.31. The SMILES string of the molecule is CC1=N[C@@]2(O)c3ccccc3C(=O)[C@]2(O)C1C(=O)OCCc1ccccc1. The first-order valence-electron chi connectivity index (χ1n) is 8.75. The molecular formula is C21H19NO5. The molecule has 4 rings (SSSR count). The highest BCUT2D eigenvalue weighted by atomic mass is 16.5. The van der Waals surface area contributed by atoms with Crippen molar-refractivity contribution in [3.8, 4) is 0 Å². The van der Waals surface area contributed by atoms with E-state index in [2.05, 4.69) is 4.99 Å². The number of ketones is 1. The van der Waals surface area contributed by atoms with Crippen LogP contribution in [0.2, 0.25) is 0 Å². The first kappa shape index (κ1) is 17.6. The van der Waals surface area contributed by atoms with Gasteiger partial charge < -0.3 is 14.9 Å². The van der Waals surface area contributed by atoms with Crippen molar-refractivity contribution in [2.24, 2.45) is 10.9 Å². The van der Waals surface area contributed by atoms with Gasteiger partial charge in [0.1, 0.15) is 5.92 Å². The maximum Gasteiger partial charge on any atom is 0.318 e. The number of fused-ring (bicyclic) bond motifs is 3. The van der Waals surface area contributed by atoms with Crippen LogP contribution in [-0.4, -0.2) is 39.9 Å². The van der Waals surface area contributed by atoms with Crippen molar-refractivity contribution in [1.29, 1.82) is 0 Å². The Kier molecular flexibility index (Phi) is 3.98. The standard InChI is InChI=1S/C21H19NO5/c1-13-17(19(24)27-12-11-14-7-3-2-4-8-14)20(25)18(23)15-9-5-6-10-16(15)21(20,26)22-13/h2-10,17,25-26H,11-12H2,1H3/t17?,20-,21-/m1/s1. The van der Waals surface area contributed by atoms with Crippen LogP contribution >= 0.6 is 0 Å². The second-order valence-corrected chi connectivity index (χ2v) is 6.90. The van der Waals surface area contributed by atoms with Crippen LogP contribution in [0.4, 0.5) is 0 Å². The van der Waals surface area contributed by atoms with E-state index < -0.39 is 29.0 Å².